The fraction of sp³-hybridized carbons (Fsp3) is 0.355. The molecule has 1 fully saturated rings. The first-order valence-corrected chi connectivity index (χ1v) is 14.8. The highest BCUT2D eigenvalue weighted by molar-refractivity contribution is 5.74. The average molecular weight is 831 g/mol. The Hall–Kier alpha value is -5.75. The smallest absolute Gasteiger partial charge is 0.475 e. The molecule has 0 radical (unpaired) electrons. The SMILES string of the molecule is Fc1ccccc1CN1CCC2(C1)CN(Cc1cccnc1)c1cccnc12.O=C(O)C(F)(F)F.O=C(O)C(F)(F)F.O=C(O)C(F)(F)F.O=C(O)C(F)(F)F. The van der Waals surface area contributed by atoms with Gasteiger partial charge in [-0.1, -0.05) is 24.3 Å². The Bertz CT molecular complexity index is 1680. The molecule has 310 valence electrons. The van der Waals surface area contributed by atoms with Crippen LogP contribution < -0.4 is 4.90 Å². The fourth-order valence-corrected chi connectivity index (χ4v) is 4.72. The Morgan fingerprint density at radius 2 is 1.11 bits per heavy atom. The monoisotopic (exact) mass is 830 g/mol. The molecule has 1 aromatic carbocycles. The molecular weight excluding hydrogens is 803 g/mol. The number of aliphatic carboxylic acids is 4. The highest BCUT2D eigenvalue weighted by Gasteiger charge is 2.48. The molecule has 0 bridgehead atoms. The highest BCUT2D eigenvalue weighted by atomic mass is 19.4. The molecule has 56 heavy (non-hydrogen) atoms. The number of carboxylic acid groups (broad SMARTS) is 4. The van der Waals surface area contributed by atoms with Gasteiger partial charge in [-0.2, -0.15) is 52.7 Å². The summed E-state index contributed by atoms with van der Waals surface area (Å²) in [6.45, 7) is 4.31. The van der Waals surface area contributed by atoms with Gasteiger partial charge in [-0.3, -0.25) is 14.9 Å². The van der Waals surface area contributed by atoms with Gasteiger partial charge in [0.2, 0.25) is 0 Å². The van der Waals surface area contributed by atoms with Crippen molar-refractivity contribution in [3.63, 3.8) is 0 Å². The van der Waals surface area contributed by atoms with E-state index >= 15 is 0 Å². The highest BCUT2D eigenvalue weighted by Crippen LogP contribution is 2.45. The van der Waals surface area contributed by atoms with Crippen molar-refractivity contribution < 1.29 is 96.7 Å². The molecule has 0 aliphatic carbocycles. The third kappa shape index (κ3) is 15.9. The number of fused-ring (bicyclic) bond motifs is 2. The van der Waals surface area contributed by atoms with Crippen molar-refractivity contribution in [3.05, 3.63) is 89.8 Å². The van der Waals surface area contributed by atoms with Gasteiger partial charge in [-0.05, 0) is 42.8 Å². The number of benzene rings is 1. The largest absolute Gasteiger partial charge is 0.490 e. The summed E-state index contributed by atoms with van der Waals surface area (Å²) in [5, 5.41) is 28.5. The zero-order chi connectivity index (χ0) is 43.3. The van der Waals surface area contributed by atoms with Crippen LogP contribution in [0, 0.1) is 5.82 Å². The average Bonchev–Trinajstić information content (AvgIpc) is 3.62. The van der Waals surface area contributed by atoms with Gasteiger partial charge in [0.05, 0.1) is 11.4 Å². The number of hydrogen-bond donors (Lipinski definition) is 4. The first-order valence-electron chi connectivity index (χ1n) is 14.8. The van der Waals surface area contributed by atoms with Crippen molar-refractivity contribution in [2.75, 3.05) is 24.5 Å². The molecule has 5 rings (SSSR count). The molecule has 1 spiro atoms. The van der Waals surface area contributed by atoms with Gasteiger partial charge in [0.1, 0.15) is 5.82 Å². The number of hydrogen-bond acceptors (Lipinski definition) is 8. The summed E-state index contributed by atoms with van der Waals surface area (Å²) in [4.78, 5) is 49.4. The summed E-state index contributed by atoms with van der Waals surface area (Å²) in [5.41, 5.74) is 4.40. The van der Waals surface area contributed by atoms with E-state index in [1.807, 2.05) is 42.9 Å². The zero-order valence-electron chi connectivity index (χ0n) is 27.7. The van der Waals surface area contributed by atoms with Crippen molar-refractivity contribution in [1.29, 1.82) is 0 Å². The maximum Gasteiger partial charge on any atom is 0.490 e. The number of nitrogens with zero attached hydrogens (tertiary/aromatic N) is 4. The Labute approximate surface area is 305 Å². The molecule has 2 aromatic heterocycles. The van der Waals surface area contributed by atoms with Gasteiger partial charge in [0.15, 0.2) is 0 Å². The van der Waals surface area contributed by atoms with Gasteiger partial charge in [0.25, 0.3) is 0 Å². The number of anilines is 1. The molecule has 0 saturated carbocycles. The van der Waals surface area contributed by atoms with Gasteiger partial charge < -0.3 is 25.3 Å². The lowest BCUT2D eigenvalue weighted by Crippen LogP contribution is -2.36. The number of aromatic nitrogens is 2. The lowest BCUT2D eigenvalue weighted by Gasteiger charge is -2.26. The van der Waals surface area contributed by atoms with Gasteiger partial charge in [-0.15, -0.1) is 0 Å². The Morgan fingerprint density at radius 3 is 1.54 bits per heavy atom. The van der Waals surface area contributed by atoms with Crippen LogP contribution in [0.15, 0.2) is 67.1 Å². The first kappa shape index (κ1) is 48.3. The summed E-state index contributed by atoms with van der Waals surface area (Å²) in [6.07, 6.45) is -13.6. The van der Waals surface area contributed by atoms with Crippen LogP contribution in [0.3, 0.4) is 0 Å². The number of halogens is 13. The van der Waals surface area contributed by atoms with Crippen LogP contribution in [0.2, 0.25) is 0 Å². The maximum absolute atomic E-state index is 14.1. The third-order valence-corrected chi connectivity index (χ3v) is 6.97. The molecule has 4 N–H and O–H groups in total. The van der Waals surface area contributed by atoms with Gasteiger partial charge >= 0.3 is 48.6 Å². The number of alkyl halides is 12. The zero-order valence-corrected chi connectivity index (χ0v) is 27.7. The minimum Gasteiger partial charge on any atom is -0.475 e. The van der Waals surface area contributed by atoms with E-state index in [9.17, 15) is 57.1 Å². The van der Waals surface area contributed by atoms with Crippen molar-refractivity contribution >= 4 is 29.6 Å². The molecule has 1 unspecified atom stereocenters. The molecule has 2 aliphatic heterocycles. The maximum atomic E-state index is 14.1. The molecule has 1 saturated heterocycles. The first-order chi connectivity index (χ1) is 25.5. The minimum atomic E-state index is -5.08. The molecule has 25 heteroatoms. The van der Waals surface area contributed by atoms with E-state index in [2.05, 4.69) is 26.9 Å². The number of carboxylic acids is 4. The van der Waals surface area contributed by atoms with Crippen molar-refractivity contribution in [2.45, 2.75) is 49.6 Å². The molecule has 2 aliphatic rings. The molecule has 1 atom stereocenters. The second-order valence-electron chi connectivity index (χ2n) is 11.1. The number of rotatable bonds is 4. The lowest BCUT2D eigenvalue weighted by molar-refractivity contribution is -0.193. The van der Waals surface area contributed by atoms with Crippen LogP contribution in [0.25, 0.3) is 0 Å². The molecule has 3 aromatic rings. The summed E-state index contributed by atoms with van der Waals surface area (Å²) in [6, 6.07) is 15.4. The van der Waals surface area contributed by atoms with E-state index in [0.29, 0.717) is 6.54 Å². The van der Waals surface area contributed by atoms with E-state index in [1.54, 1.807) is 12.1 Å². The van der Waals surface area contributed by atoms with Crippen LogP contribution in [0.5, 0.6) is 0 Å². The van der Waals surface area contributed by atoms with Crippen LogP contribution >= 0.6 is 0 Å². The van der Waals surface area contributed by atoms with Crippen molar-refractivity contribution in [2.24, 2.45) is 0 Å². The molecule has 4 heterocycles. The standard InChI is InChI=1S/C23H23FN4.4C2HF3O2/c24-20-7-2-1-6-19(20)15-27-12-9-23(16-27)17-28(14-18-5-3-10-25-13-18)21-8-4-11-26-22(21)23;4*3-2(4,5)1(6)7/h1-8,10-11,13H,9,12,14-17H2;4*(H,6,7). The van der Waals surface area contributed by atoms with E-state index in [4.69, 9.17) is 44.6 Å². The van der Waals surface area contributed by atoms with Gasteiger partial charge in [-0.25, -0.2) is 23.6 Å². The minimum absolute atomic E-state index is 0.0179. The third-order valence-electron chi connectivity index (χ3n) is 6.97. The van der Waals surface area contributed by atoms with E-state index in [-0.39, 0.29) is 11.2 Å². The number of likely N-dealkylation sites (tertiary alicyclic amines) is 1. The van der Waals surface area contributed by atoms with Crippen LogP contribution in [0.1, 0.15) is 23.2 Å². The molecule has 12 nitrogen and oxygen atoms in total. The Morgan fingerprint density at radius 1 is 0.643 bits per heavy atom. The number of pyridine rings is 2. The second kappa shape index (κ2) is 19.7. The lowest BCUT2D eigenvalue weighted by atomic mass is 9.85. The Kier molecular flexibility index (Phi) is 17.0. The summed E-state index contributed by atoms with van der Waals surface area (Å²) in [7, 11) is 0. The van der Waals surface area contributed by atoms with Crippen LogP contribution in [0.4, 0.5) is 62.8 Å². The summed E-state index contributed by atoms with van der Waals surface area (Å²) >= 11 is 0. The van der Waals surface area contributed by atoms with Crippen LogP contribution in [-0.2, 0) is 37.7 Å². The van der Waals surface area contributed by atoms with Crippen LogP contribution in [-0.4, -0.2) is 104 Å². The topological polar surface area (TPSA) is 181 Å². The molecule has 0 amide bonds. The van der Waals surface area contributed by atoms with Crippen molar-refractivity contribution in [3.8, 4) is 0 Å². The number of carbonyl (C=O) groups is 4. The van der Waals surface area contributed by atoms with E-state index in [0.717, 1.165) is 38.2 Å². The van der Waals surface area contributed by atoms with Gasteiger partial charge in [0, 0.05) is 55.7 Å². The quantitative estimate of drug-likeness (QED) is 0.216. The normalized spacial score (nSPS) is 16.3. The van der Waals surface area contributed by atoms with Crippen molar-refractivity contribution in [1.82, 2.24) is 14.9 Å². The fourth-order valence-electron chi connectivity index (χ4n) is 4.72. The van der Waals surface area contributed by atoms with E-state index in [1.165, 1.54) is 16.9 Å². The predicted molar refractivity (Wildman–Crippen MR) is 162 cm³/mol. The summed E-state index contributed by atoms with van der Waals surface area (Å²) < 4.78 is 141. The summed E-state index contributed by atoms with van der Waals surface area (Å²) in [5.74, 6) is -11.1. The van der Waals surface area contributed by atoms with E-state index < -0.39 is 48.6 Å². The predicted octanol–water partition coefficient (Wildman–Crippen LogP) is 6.31. The molecular formula is C31H27F13N4O8. The Balaban J connectivity index is 0.000000457. The second-order valence-corrected chi connectivity index (χ2v) is 11.1.